The van der Waals surface area contributed by atoms with Gasteiger partial charge in [-0.3, -0.25) is 5.43 Å². The van der Waals surface area contributed by atoms with E-state index in [0.717, 1.165) is 0 Å². The van der Waals surface area contributed by atoms with Crippen LogP contribution in [0.1, 0.15) is 25.7 Å². The topological polar surface area (TPSA) is 67.3 Å². The Kier molecular flexibility index (Phi) is 7.66. The molecule has 0 amide bonds. The Morgan fingerprint density at radius 2 is 1.17 bits per heavy atom. The molecule has 0 aromatic carbocycles. The molecule has 1 aliphatic rings. The predicted octanol–water partition coefficient (Wildman–Crippen LogP) is 3.83. The van der Waals surface area contributed by atoms with Gasteiger partial charge in [0.15, 0.2) is 0 Å². The molecule has 0 aromatic rings. The summed E-state index contributed by atoms with van der Waals surface area (Å²) in [6.07, 6.45) is -31.0. The number of nitrogens with one attached hydrogen (secondary N) is 1. The number of halogens is 12. The van der Waals surface area contributed by atoms with Crippen LogP contribution in [0.3, 0.4) is 0 Å². The van der Waals surface area contributed by atoms with Crippen molar-refractivity contribution in [1.82, 2.24) is 10.4 Å². The summed E-state index contributed by atoms with van der Waals surface area (Å²) in [7, 11) is 0. The third-order valence-electron chi connectivity index (χ3n) is 4.79. The summed E-state index contributed by atoms with van der Waals surface area (Å²) in [5, 5.41) is 0.363. The van der Waals surface area contributed by atoms with Crippen LogP contribution in [0.5, 0.6) is 0 Å². The lowest BCUT2D eigenvalue weighted by Crippen LogP contribution is -2.61. The molecular formula is C14H20F12N4. The number of rotatable bonds is 7. The number of hydrogen-bond acceptors (Lipinski definition) is 4. The number of hydrogen-bond donors (Lipinski definition) is 3. The first kappa shape index (κ1) is 27.0. The van der Waals surface area contributed by atoms with E-state index in [0.29, 0.717) is 5.01 Å². The number of nitrogens with two attached hydrogens (primary N) is 2. The summed E-state index contributed by atoms with van der Waals surface area (Å²) >= 11 is 0. The summed E-state index contributed by atoms with van der Waals surface area (Å²) in [6.45, 7) is -3.44. The van der Waals surface area contributed by atoms with Crippen molar-refractivity contribution < 1.29 is 52.7 Å². The van der Waals surface area contributed by atoms with Crippen molar-refractivity contribution in [2.45, 2.75) is 56.6 Å². The molecule has 1 fully saturated rings. The van der Waals surface area contributed by atoms with Crippen LogP contribution in [0, 0.1) is 10.8 Å². The minimum Gasteiger partial charge on any atom is -0.330 e. The number of hydrazine groups is 1. The van der Waals surface area contributed by atoms with Crippen molar-refractivity contribution in [1.29, 1.82) is 0 Å². The highest BCUT2D eigenvalue weighted by atomic mass is 19.4. The third kappa shape index (κ3) is 8.26. The van der Waals surface area contributed by atoms with Crippen LogP contribution in [0.25, 0.3) is 0 Å². The maximum Gasteiger partial charge on any atom is 0.389 e. The van der Waals surface area contributed by atoms with Gasteiger partial charge in [0.25, 0.3) is 0 Å². The van der Waals surface area contributed by atoms with Crippen LogP contribution >= 0.6 is 0 Å². The van der Waals surface area contributed by atoms with E-state index in [-0.39, 0.29) is 0 Å². The van der Waals surface area contributed by atoms with E-state index in [1.165, 1.54) is 0 Å². The maximum absolute atomic E-state index is 12.9. The van der Waals surface area contributed by atoms with Crippen LogP contribution in [0.15, 0.2) is 0 Å². The molecule has 0 bridgehead atoms. The van der Waals surface area contributed by atoms with Crippen LogP contribution in [0.4, 0.5) is 52.7 Å². The quantitative estimate of drug-likeness (QED) is 0.493. The van der Waals surface area contributed by atoms with Crippen LogP contribution in [-0.4, -0.2) is 55.5 Å². The van der Waals surface area contributed by atoms with Gasteiger partial charge in [-0.05, 0) is 0 Å². The van der Waals surface area contributed by atoms with Crippen molar-refractivity contribution in [2.75, 3.05) is 19.6 Å². The minimum absolute atomic E-state index is 0.363. The highest BCUT2D eigenvalue weighted by molar-refractivity contribution is 4.99. The molecule has 0 spiro atoms. The standard InChI is InChI=1S/C14H20F12N4/c15-11(16,17)1-9(2-12(18,19)20)6-29-30(7-9)8(28)10(5-27,3-13(21,22)23)4-14(24,25)26/h8,29H,1-7,27-28H2. The molecule has 16 heteroatoms. The molecule has 5 N–H and O–H groups in total. The first-order valence-corrected chi connectivity index (χ1v) is 8.34. The third-order valence-corrected chi connectivity index (χ3v) is 4.79. The Labute approximate surface area is 162 Å². The van der Waals surface area contributed by atoms with Gasteiger partial charge in [0.2, 0.25) is 0 Å². The van der Waals surface area contributed by atoms with E-state index in [4.69, 9.17) is 11.5 Å². The monoisotopic (exact) mass is 472 g/mol. The van der Waals surface area contributed by atoms with Gasteiger partial charge < -0.3 is 11.5 Å². The molecule has 1 heterocycles. The van der Waals surface area contributed by atoms with Gasteiger partial charge >= 0.3 is 24.7 Å². The van der Waals surface area contributed by atoms with Crippen molar-refractivity contribution in [2.24, 2.45) is 22.3 Å². The summed E-state index contributed by atoms with van der Waals surface area (Å²) < 4.78 is 155. The van der Waals surface area contributed by atoms with Crippen LogP contribution < -0.4 is 16.9 Å². The van der Waals surface area contributed by atoms with Gasteiger partial charge in [-0.2, -0.15) is 52.7 Å². The average molecular weight is 472 g/mol. The Morgan fingerprint density at radius 3 is 1.47 bits per heavy atom. The van der Waals surface area contributed by atoms with Gasteiger partial charge in [0.1, 0.15) is 0 Å². The molecule has 0 aromatic heterocycles. The second kappa shape index (κ2) is 8.50. The number of alkyl halides is 12. The Bertz CT molecular complexity index is 533. The van der Waals surface area contributed by atoms with E-state index in [2.05, 4.69) is 0 Å². The van der Waals surface area contributed by atoms with Gasteiger partial charge in [-0.15, -0.1) is 0 Å². The predicted molar refractivity (Wildman–Crippen MR) is 79.3 cm³/mol. The van der Waals surface area contributed by atoms with E-state index < -0.39 is 87.0 Å². The van der Waals surface area contributed by atoms with Crippen molar-refractivity contribution in [3.05, 3.63) is 0 Å². The molecular weight excluding hydrogens is 452 g/mol. The fourth-order valence-corrected chi connectivity index (χ4v) is 3.75. The molecule has 4 nitrogen and oxygen atoms in total. The fourth-order valence-electron chi connectivity index (χ4n) is 3.75. The second-order valence-corrected chi connectivity index (χ2v) is 7.64. The highest BCUT2D eigenvalue weighted by Gasteiger charge is 2.57. The molecule has 1 saturated heterocycles. The largest absolute Gasteiger partial charge is 0.389 e. The Balaban J connectivity index is 3.25. The van der Waals surface area contributed by atoms with Gasteiger partial charge in [-0.25, -0.2) is 5.01 Å². The Morgan fingerprint density at radius 1 is 0.767 bits per heavy atom. The molecule has 1 aliphatic heterocycles. The van der Waals surface area contributed by atoms with Gasteiger partial charge in [0.05, 0.1) is 31.8 Å². The van der Waals surface area contributed by atoms with Crippen molar-refractivity contribution >= 4 is 0 Å². The van der Waals surface area contributed by atoms with E-state index in [1.807, 2.05) is 5.43 Å². The fraction of sp³-hybridized carbons (Fsp3) is 1.00. The smallest absolute Gasteiger partial charge is 0.330 e. The summed E-state index contributed by atoms with van der Waals surface area (Å²) in [6, 6.07) is 0. The molecule has 180 valence electrons. The van der Waals surface area contributed by atoms with Crippen LogP contribution in [0.2, 0.25) is 0 Å². The first-order chi connectivity index (χ1) is 13.1. The molecule has 0 radical (unpaired) electrons. The zero-order valence-corrected chi connectivity index (χ0v) is 15.2. The molecule has 30 heavy (non-hydrogen) atoms. The lowest BCUT2D eigenvalue weighted by molar-refractivity contribution is -0.208. The molecule has 0 aliphatic carbocycles. The minimum atomic E-state index is -5.18. The lowest BCUT2D eigenvalue weighted by Gasteiger charge is -2.43. The highest BCUT2D eigenvalue weighted by Crippen LogP contribution is 2.48. The molecule has 1 atom stereocenters. The maximum atomic E-state index is 12.9. The average Bonchev–Trinajstić information content (AvgIpc) is 2.81. The summed E-state index contributed by atoms with van der Waals surface area (Å²) in [5.74, 6) is 0. The SMILES string of the molecule is NCC(CC(F)(F)F)(CC(F)(F)F)C(N)N1CC(CC(F)(F)F)(CC(F)(F)F)CN1. The summed E-state index contributed by atoms with van der Waals surface area (Å²) in [5.41, 5.74) is 7.23. The second-order valence-electron chi connectivity index (χ2n) is 7.64. The van der Waals surface area contributed by atoms with Gasteiger partial charge in [0, 0.05) is 30.5 Å². The first-order valence-electron chi connectivity index (χ1n) is 8.34. The van der Waals surface area contributed by atoms with E-state index >= 15 is 0 Å². The van der Waals surface area contributed by atoms with Gasteiger partial charge in [-0.1, -0.05) is 0 Å². The van der Waals surface area contributed by atoms with E-state index in [1.54, 1.807) is 0 Å². The van der Waals surface area contributed by atoms with Crippen molar-refractivity contribution in [3.8, 4) is 0 Å². The molecule has 0 saturated carbocycles. The molecule has 1 rings (SSSR count). The Hall–Kier alpha value is -1.00. The molecule has 1 unspecified atom stereocenters. The lowest BCUT2D eigenvalue weighted by atomic mass is 9.76. The zero-order chi connectivity index (χ0) is 23.8. The number of nitrogens with zero attached hydrogens (tertiary/aromatic N) is 1. The normalized spacial score (nSPS) is 20.6. The zero-order valence-electron chi connectivity index (χ0n) is 15.2. The van der Waals surface area contributed by atoms with E-state index in [9.17, 15) is 52.7 Å². The van der Waals surface area contributed by atoms with Crippen LogP contribution in [-0.2, 0) is 0 Å². The van der Waals surface area contributed by atoms with Crippen molar-refractivity contribution in [3.63, 3.8) is 0 Å². The summed E-state index contributed by atoms with van der Waals surface area (Å²) in [4.78, 5) is 0.